The van der Waals surface area contributed by atoms with Gasteiger partial charge in [-0.15, -0.1) is 11.3 Å². The molecule has 24 heavy (non-hydrogen) atoms. The average Bonchev–Trinajstić information content (AvgIpc) is 2.95. The summed E-state index contributed by atoms with van der Waals surface area (Å²) in [5.74, 6) is -1.09. The summed E-state index contributed by atoms with van der Waals surface area (Å²) in [6, 6.07) is 12.5. The third kappa shape index (κ3) is 3.07. The lowest BCUT2D eigenvalue weighted by atomic mass is 10.2. The molecule has 0 radical (unpaired) electrons. The van der Waals surface area contributed by atoms with Gasteiger partial charge in [-0.3, -0.25) is 0 Å². The van der Waals surface area contributed by atoms with E-state index >= 15 is 0 Å². The number of rotatable bonds is 3. The summed E-state index contributed by atoms with van der Waals surface area (Å²) in [5, 5.41) is 5.76. The summed E-state index contributed by atoms with van der Waals surface area (Å²) in [6.45, 7) is 0. The average molecular weight is 344 g/mol. The molecule has 0 aliphatic heterocycles. The van der Waals surface area contributed by atoms with E-state index in [1.807, 2.05) is 12.1 Å². The van der Waals surface area contributed by atoms with Crippen LogP contribution in [0.4, 0.5) is 20.6 Å². The second-order valence-electron chi connectivity index (χ2n) is 4.85. The number of para-hydroxylation sites is 1. The van der Waals surface area contributed by atoms with E-state index in [0.717, 1.165) is 4.70 Å². The first-order valence-electron chi connectivity index (χ1n) is 7.02. The number of carbonyl (C=O) groups excluding carboxylic acids is 2. The van der Waals surface area contributed by atoms with Crippen molar-refractivity contribution in [2.45, 2.75) is 0 Å². The SMILES string of the molecule is COC(=O)c1sc2ccccc2c1NC(=O)Nc1ccccc1F. The number of thiophene rings is 1. The standard InChI is InChI=1S/C17H13FN2O3S/c1-23-16(21)15-14(10-6-2-5-9-13(10)24-15)20-17(22)19-12-8-4-3-7-11(12)18/h2-9H,1H3,(H2,19,20,22). The maximum atomic E-state index is 13.6. The Labute approximate surface area is 141 Å². The first kappa shape index (κ1) is 15.9. The van der Waals surface area contributed by atoms with E-state index in [9.17, 15) is 14.0 Å². The molecule has 1 heterocycles. The molecule has 3 aromatic rings. The summed E-state index contributed by atoms with van der Waals surface area (Å²) in [7, 11) is 1.27. The molecule has 1 aromatic heterocycles. The van der Waals surface area contributed by atoms with Crippen LogP contribution >= 0.6 is 11.3 Å². The summed E-state index contributed by atoms with van der Waals surface area (Å²) in [6.07, 6.45) is 0. The van der Waals surface area contributed by atoms with E-state index in [-0.39, 0.29) is 10.6 Å². The number of ether oxygens (including phenoxy) is 1. The molecule has 0 fully saturated rings. The van der Waals surface area contributed by atoms with Crippen molar-refractivity contribution < 1.29 is 18.7 Å². The number of carbonyl (C=O) groups is 2. The Morgan fingerprint density at radius 1 is 1.04 bits per heavy atom. The molecule has 2 aromatic carbocycles. The van der Waals surface area contributed by atoms with Crippen LogP contribution in [0.2, 0.25) is 0 Å². The van der Waals surface area contributed by atoms with Crippen molar-refractivity contribution in [2.24, 2.45) is 0 Å². The van der Waals surface area contributed by atoms with Gasteiger partial charge in [0.25, 0.3) is 0 Å². The van der Waals surface area contributed by atoms with Gasteiger partial charge >= 0.3 is 12.0 Å². The lowest BCUT2D eigenvalue weighted by molar-refractivity contribution is 0.0607. The highest BCUT2D eigenvalue weighted by Gasteiger charge is 2.20. The molecule has 0 saturated carbocycles. The van der Waals surface area contributed by atoms with Crippen LogP contribution in [0.15, 0.2) is 48.5 Å². The predicted molar refractivity (Wildman–Crippen MR) is 92.2 cm³/mol. The Morgan fingerprint density at radius 3 is 2.50 bits per heavy atom. The zero-order valence-corrected chi connectivity index (χ0v) is 13.4. The van der Waals surface area contributed by atoms with Crippen LogP contribution in [0.25, 0.3) is 10.1 Å². The molecule has 2 amide bonds. The number of anilines is 2. The van der Waals surface area contributed by atoms with Gasteiger partial charge in [0, 0.05) is 10.1 Å². The quantitative estimate of drug-likeness (QED) is 0.689. The number of hydrogen-bond acceptors (Lipinski definition) is 4. The number of esters is 1. The van der Waals surface area contributed by atoms with Crippen molar-refractivity contribution in [3.63, 3.8) is 0 Å². The van der Waals surface area contributed by atoms with Crippen molar-refractivity contribution in [2.75, 3.05) is 17.7 Å². The normalized spacial score (nSPS) is 10.4. The summed E-state index contributed by atoms with van der Waals surface area (Å²) in [4.78, 5) is 24.4. The minimum absolute atomic E-state index is 0.0501. The van der Waals surface area contributed by atoms with Crippen molar-refractivity contribution in [3.05, 3.63) is 59.2 Å². The lowest BCUT2D eigenvalue weighted by Gasteiger charge is -2.09. The predicted octanol–water partition coefficient (Wildman–Crippen LogP) is 4.47. The van der Waals surface area contributed by atoms with Crippen LogP contribution in [0.3, 0.4) is 0 Å². The number of hydrogen-bond donors (Lipinski definition) is 2. The van der Waals surface area contributed by atoms with Crippen molar-refractivity contribution in [3.8, 4) is 0 Å². The zero-order chi connectivity index (χ0) is 17.1. The van der Waals surface area contributed by atoms with E-state index in [1.165, 1.54) is 36.6 Å². The summed E-state index contributed by atoms with van der Waals surface area (Å²) in [5.41, 5.74) is 0.394. The molecule has 0 atom stereocenters. The maximum absolute atomic E-state index is 13.6. The smallest absolute Gasteiger partial charge is 0.350 e. The highest BCUT2D eigenvalue weighted by atomic mass is 32.1. The van der Waals surface area contributed by atoms with Gasteiger partial charge in [-0.25, -0.2) is 14.0 Å². The third-order valence-electron chi connectivity index (χ3n) is 3.33. The number of fused-ring (bicyclic) bond motifs is 1. The van der Waals surface area contributed by atoms with Gasteiger partial charge in [0.2, 0.25) is 0 Å². The number of methoxy groups -OCH3 is 1. The number of halogens is 1. The van der Waals surface area contributed by atoms with E-state index in [2.05, 4.69) is 10.6 Å². The highest BCUT2D eigenvalue weighted by Crippen LogP contribution is 2.36. The molecule has 5 nitrogen and oxygen atoms in total. The Hall–Kier alpha value is -2.93. The summed E-state index contributed by atoms with van der Waals surface area (Å²) >= 11 is 1.22. The van der Waals surface area contributed by atoms with Gasteiger partial charge in [0.15, 0.2) is 0 Å². The first-order valence-corrected chi connectivity index (χ1v) is 7.84. The molecule has 0 aliphatic carbocycles. The molecule has 7 heteroatoms. The largest absolute Gasteiger partial charge is 0.465 e. The van der Waals surface area contributed by atoms with Crippen LogP contribution in [0.1, 0.15) is 9.67 Å². The molecular weight excluding hydrogens is 331 g/mol. The van der Waals surface area contributed by atoms with Crippen LogP contribution in [-0.2, 0) is 4.74 Å². The van der Waals surface area contributed by atoms with E-state index in [1.54, 1.807) is 18.2 Å². The fraction of sp³-hybridized carbons (Fsp3) is 0.0588. The fourth-order valence-corrected chi connectivity index (χ4v) is 3.31. The first-order chi connectivity index (χ1) is 11.6. The second kappa shape index (κ2) is 6.67. The van der Waals surface area contributed by atoms with Crippen LogP contribution < -0.4 is 10.6 Å². The van der Waals surface area contributed by atoms with Gasteiger partial charge in [0.1, 0.15) is 10.7 Å². The maximum Gasteiger partial charge on any atom is 0.350 e. The summed E-state index contributed by atoms with van der Waals surface area (Å²) < 4.78 is 19.2. The third-order valence-corrected chi connectivity index (χ3v) is 4.48. The molecule has 0 saturated heterocycles. The fourth-order valence-electron chi connectivity index (χ4n) is 2.24. The second-order valence-corrected chi connectivity index (χ2v) is 5.91. The van der Waals surface area contributed by atoms with Crippen molar-refractivity contribution in [1.29, 1.82) is 0 Å². The van der Waals surface area contributed by atoms with Gasteiger partial charge < -0.3 is 15.4 Å². The van der Waals surface area contributed by atoms with E-state index < -0.39 is 17.8 Å². The number of amides is 2. The minimum atomic E-state index is -0.645. The van der Waals surface area contributed by atoms with Gasteiger partial charge in [-0.05, 0) is 18.2 Å². The van der Waals surface area contributed by atoms with Crippen molar-refractivity contribution in [1.82, 2.24) is 0 Å². The van der Waals surface area contributed by atoms with Gasteiger partial charge in [0.05, 0.1) is 18.5 Å². The monoisotopic (exact) mass is 344 g/mol. The Balaban J connectivity index is 1.92. The molecule has 0 bridgehead atoms. The van der Waals surface area contributed by atoms with Crippen molar-refractivity contribution >= 4 is 44.8 Å². The minimum Gasteiger partial charge on any atom is -0.465 e. The zero-order valence-electron chi connectivity index (χ0n) is 12.6. The molecular formula is C17H13FN2O3S. The topological polar surface area (TPSA) is 67.4 Å². The van der Waals surface area contributed by atoms with Gasteiger partial charge in [-0.1, -0.05) is 30.3 Å². The van der Waals surface area contributed by atoms with Gasteiger partial charge in [-0.2, -0.15) is 0 Å². The lowest BCUT2D eigenvalue weighted by Crippen LogP contribution is -2.21. The Bertz CT molecular complexity index is 923. The Kier molecular flexibility index (Phi) is 4.43. The van der Waals surface area contributed by atoms with Crippen LogP contribution in [0, 0.1) is 5.82 Å². The number of benzene rings is 2. The molecule has 122 valence electrons. The molecule has 2 N–H and O–H groups in total. The number of nitrogens with one attached hydrogen (secondary N) is 2. The Morgan fingerprint density at radius 2 is 1.75 bits per heavy atom. The van der Waals surface area contributed by atoms with Crippen LogP contribution in [0.5, 0.6) is 0 Å². The van der Waals surface area contributed by atoms with Crippen LogP contribution in [-0.4, -0.2) is 19.1 Å². The molecule has 0 spiro atoms. The molecule has 0 unspecified atom stereocenters. The van der Waals surface area contributed by atoms with E-state index in [4.69, 9.17) is 4.74 Å². The number of urea groups is 1. The highest BCUT2D eigenvalue weighted by molar-refractivity contribution is 7.21. The molecule has 3 rings (SSSR count). The van der Waals surface area contributed by atoms with E-state index in [0.29, 0.717) is 11.1 Å². The molecule has 0 aliphatic rings.